The highest BCUT2D eigenvalue weighted by atomic mass is 16.5. The Labute approximate surface area is 73.3 Å². The van der Waals surface area contributed by atoms with Crippen molar-refractivity contribution in [3.05, 3.63) is 28.8 Å². The van der Waals surface area contributed by atoms with Crippen LogP contribution in [0.2, 0.25) is 0 Å². The number of hydrogen-bond donors (Lipinski definition) is 1. The van der Waals surface area contributed by atoms with Crippen molar-refractivity contribution in [3.8, 4) is 5.75 Å². The van der Waals surface area contributed by atoms with Gasteiger partial charge in [0.15, 0.2) is 0 Å². The molecule has 0 aliphatic rings. The number of methoxy groups -OCH3 is 1. The fourth-order valence-corrected chi connectivity index (χ4v) is 1.23. The van der Waals surface area contributed by atoms with Gasteiger partial charge in [0.25, 0.3) is 0 Å². The van der Waals surface area contributed by atoms with Gasteiger partial charge in [-0.05, 0) is 36.6 Å². The zero-order chi connectivity index (χ0) is 9.14. The third-order valence-corrected chi connectivity index (χ3v) is 2.14. The van der Waals surface area contributed by atoms with E-state index in [4.69, 9.17) is 10.5 Å². The van der Waals surface area contributed by atoms with E-state index in [9.17, 15) is 0 Å². The fourth-order valence-electron chi connectivity index (χ4n) is 1.23. The topological polar surface area (TPSA) is 35.2 Å². The van der Waals surface area contributed by atoms with E-state index in [0.717, 1.165) is 11.3 Å². The van der Waals surface area contributed by atoms with E-state index in [0.29, 0.717) is 6.54 Å². The number of ether oxygens (including phenoxy) is 1. The highest BCUT2D eigenvalue weighted by molar-refractivity contribution is 5.42. The maximum Gasteiger partial charge on any atom is 0.122 e. The van der Waals surface area contributed by atoms with Crippen molar-refractivity contribution >= 4 is 0 Å². The van der Waals surface area contributed by atoms with Crippen molar-refractivity contribution in [3.63, 3.8) is 0 Å². The third-order valence-electron chi connectivity index (χ3n) is 2.14. The molecule has 1 aromatic carbocycles. The minimum absolute atomic E-state index is 0.567. The van der Waals surface area contributed by atoms with Crippen LogP contribution in [0.5, 0.6) is 5.75 Å². The van der Waals surface area contributed by atoms with Crippen LogP contribution in [0.1, 0.15) is 16.7 Å². The Morgan fingerprint density at radius 2 is 2.00 bits per heavy atom. The summed E-state index contributed by atoms with van der Waals surface area (Å²) in [5.74, 6) is 0.926. The Balaban J connectivity index is 3.19. The summed E-state index contributed by atoms with van der Waals surface area (Å²) in [6.07, 6.45) is 0. The lowest BCUT2D eigenvalue weighted by atomic mass is 10.1. The van der Waals surface area contributed by atoms with Crippen molar-refractivity contribution in [2.24, 2.45) is 5.73 Å². The predicted molar refractivity (Wildman–Crippen MR) is 50.4 cm³/mol. The van der Waals surface area contributed by atoms with Gasteiger partial charge in [0.2, 0.25) is 0 Å². The van der Waals surface area contributed by atoms with Gasteiger partial charge in [-0.3, -0.25) is 0 Å². The number of nitrogens with two attached hydrogens (primary N) is 1. The first-order chi connectivity index (χ1) is 5.69. The van der Waals surface area contributed by atoms with Crippen LogP contribution in [0.3, 0.4) is 0 Å². The van der Waals surface area contributed by atoms with Crippen molar-refractivity contribution in [1.82, 2.24) is 0 Å². The van der Waals surface area contributed by atoms with Crippen LogP contribution >= 0.6 is 0 Å². The first-order valence-electron chi connectivity index (χ1n) is 4.03. The average molecular weight is 165 g/mol. The van der Waals surface area contributed by atoms with Gasteiger partial charge in [-0.2, -0.15) is 0 Å². The molecule has 2 heteroatoms. The van der Waals surface area contributed by atoms with E-state index in [1.807, 2.05) is 6.07 Å². The van der Waals surface area contributed by atoms with E-state index in [1.165, 1.54) is 11.1 Å². The quantitative estimate of drug-likeness (QED) is 0.724. The molecule has 66 valence electrons. The molecule has 0 aliphatic heterocycles. The van der Waals surface area contributed by atoms with Crippen LogP contribution < -0.4 is 10.5 Å². The van der Waals surface area contributed by atoms with Gasteiger partial charge < -0.3 is 10.5 Å². The molecule has 0 bridgehead atoms. The molecule has 0 aliphatic carbocycles. The van der Waals surface area contributed by atoms with Crippen LogP contribution in [-0.4, -0.2) is 7.11 Å². The minimum Gasteiger partial charge on any atom is -0.496 e. The molecule has 1 rings (SSSR count). The predicted octanol–water partition coefficient (Wildman–Crippen LogP) is 1.77. The number of benzene rings is 1. The average Bonchev–Trinajstić information content (AvgIpc) is 2.09. The van der Waals surface area contributed by atoms with Gasteiger partial charge in [0, 0.05) is 6.54 Å². The largest absolute Gasteiger partial charge is 0.496 e. The highest BCUT2D eigenvalue weighted by Crippen LogP contribution is 2.22. The molecule has 0 saturated heterocycles. The second-order valence-electron chi connectivity index (χ2n) is 2.94. The molecule has 0 saturated carbocycles. The van der Waals surface area contributed by atoms with Crippen molar-refractivity contribution in [2.45, 2.75) is 20.4 Å². The molecule has 0 radical (unpaired) electrons. The summed E-state index contributed by atoms with van der Waals surface area (Å²) in [5.41, 5.74) is 9.08. The van der Waals surface area contributed by atoms with Crippen LogP contribution in [0.4, 0.5) is 0 Å². The molecule has 0 fully saturated rings. The van der Waals surface area contributed by atoms with Crippen LogP contribution in [0, 0.1) is 13.8 Å². The highest BCUT2D eigenvalue weighted by Gasteiger charge is 2.02. The number of aryl methyl sites for hydroxylation is 1. The maximum atomic E-state index is 5.54. The Morgan fingerprint density at radius 1 is 1.33 bits per heavy atom. The van der Waals surface area contributed by atoms with Gasteiger partial charge in [0.05, 0.1) is 7.11 Å². The molecule has 1 aromatic rings. The Kier molecular flexibility index (Phi) is 2.71. The van der Waals surface area contributed by atoms with E-state index in [1.54, 1.807) is 7.11 Å². The molecule has 0 heterocycles. The Morgan fingerprint density at radius 3 is 2.50 bits per heavy atom. The molecular weight excluding hydrogens is 150 g/mol. The molecular formula is C10H15NO. The lowest BCUT2D eigenvalue weighted by Crippen LogP contribution is -1.99. The van der Waals surface area contributed by atoms with Crippen molar-refractivity contribution in [2.75, 3.05) is 7.11 Å². The zero-order valence-electron chi connectivity index (χ0n) is 7.85. The molecule has 2 nitrogen and oxygen atoms in total. The minimum atomic E-state index is 0.567. The van der Waals surface area contributed by atoms with E-state index in [-0.39, 0.29) is 0 Å². The standard InChI is InChI=1S/C10H15NO/c1-7-4-9(6-11)5-10(12-3)8(7)2/h4-5H,6,11H2,1-3H3. The summed E-state index contributed by atoms with van der Waals surface area (Å²) in [6, 6.07) is 4.08. The number of rotatable bonds is 2. The summed E-state index contributed by atoms with van der Waals surface area (Å²) in [6.45, 7) is 4.68. The van der Waals surface area contributed by atoms with E-state index in [2.05, 4.69) is 19.9 Å². The lowest BCUT2D eigenvalue weighted by molar-refractivity contribution is 0.410. The van der Waals surface area contributed by atoms with Gasteiger partial charge in [0.1, 0.15) is 5.75 Å². The Hall–Kier alpha value is -1.02. The molecule has 0 atom stereocenters. The van der Waals surface area contributed by atoms with Crippen LogP contribution in [-0.2, 0) is 6.54 Å². The molecule has 0 spiro atoms. The molecule has 0 aromatic heterocycles. The van der Waals surface area contributed by atoms with Gasteiger partial charge in [-0.1, -0.05) is 6.07 Å². The second kappa shape index (κ2) is 3.59. The normalized spacial score (nSPS) is 10.0. The summed E-state index contributed by atoms with van der Waals surface area (Å²) in [4.78, 5) is 0. The van der Waals surface area contributed by atoms with Crippen molar-refractivity contribution in [1.29, 1.82) is 0 Å². The smallest absolute Gasteiger partial charge is 0.122 e. The van der Waals surface area contributed by atoms with Crippen LogP contribution in [0.25, 0.3) is 0 Å². The van der Waals surface area contributed by atoms with Gasteiger partial charge in [-0.25, -0.2) is 0 Å². The SMILES string of the molecule is COc1cc(CN)cc(C)c1C. The lowest BCUT2D eigenvalue weighted by Gasteiger charge is -2.09. The van der Waals surface area contributed by atoms with Crippen molar-refractivity contribution < 1.29 is 4.74 Å². The maximum absolute atomic E-state index is 5.54. The van der Waals surface area contributed by atoms with Gasteiger partial charge in [-0.15, -0.1) is 0 Å². The third kappa shape index (κ3) is 1.59. The first kappa shape index (κ1) is 9.07. The first-order valence-corrected chi connectivity index (χ1v) is 4.03. The summed E-state index contributed by atoms with van der Waals surface area (Å²) < 4.78 is 5.21. The Bertz CT molecular complexity index is 281. The van der Waals surface area contributed by atoms with E-state index < -0.39 is 0 Å². The zero-order valence-corrected chi connectivity index (χ0v) is 7.85. The number of hydrogen-bond acceptors (Lipinski definition) is 2. The molecule has 0 unspecified atom stereocenters. The fraction of sp³-hybridized carbons (Fsp3) is 0.400. The summed E-state index contributed by atoms with van der Waals surface area (Å²) in [7, 11) is 1.68. The monoisotopic (exact) mass is 165 g/mol. The molecule has 2 N–H and O–H groups in total. The van der Waals surface area contributed by atoms with Gasteiger partial charge >= 0.3 is 0 Å². The molecule has 0 amide bonds. The molecule has 12 heavy (non-hydrogen) atoms. The van der Waals surface area contributed by atoms with Crippen LogP contribution in [0.15, 0.2) is 12.1 Å². The summed E-state index contributed by atoms with van der Waals surface area (Å²) in [5, 5.41) is 0. The van der Waals surface area contributed by atoms with E-state index >= 15 is 0 Å². The summed E-state index contributed by atoms with van der Waals surface area (Å²) >= 11 is 0. The second-order valence-corrected chi connectivity index (χ2v) is 2.94.